The molecule has 1 heterocycles. The van der Waals surface area contributed by atoms with E-state index >= 15 is 0 Å². The molecule has 0 amide bonds. The lowest BCUT2D eigenvalue weighted by Crippen LogP contribution is -1.90. The molecule has 0 aromatic heterocycles. The van der Waals surface area contributed by atoms with Gasteiger partial charge in [-0.1, -0.05) is 24.3 Å². The minimum atomic E-state index is 0.460. The van der Waals surface area contributed by atoms with Crippen LogP contribution in [-0.2, 0) is 4.74 Å². The fourth-order valence-electron chi connectivity index (χ4n) is 1.48. The van der Waals surface area contributed by atoms with E-state index in [2.05, 4.69) is 24.3 Å². The van der Waals surface area contributed by atoms with E-state index in [4.69, 9.17) is 4.74 Å². The van der Waals surface area contributed by atoms with Crippen molar-refractivity contribution in [1.29, 1.82) is 0 Å². The van der Waals surface area contributed by atoms with Crippen molar-refractivity contribution >= 4 is 0 Å². The molecule has 0 bridgehead atoms. The minimum Gasteiger partial charge on any atom is -0.365 e. The van der Waals surface area contributed by atoms with Gasteiger partial charge in [0.05, 0.1) is 6.10 Å². The quantitative estimate of drug-likeness (QED) is 0.381. The number of hydrogen-bond donors (Lipinski definition) is 0. The van der Waals surface area contributed by atoms with Gasteiger partial charge in [-0.2, -0.15) is 0 Å². The molecule has 0 aromatic rings. The highest BCUT2D eigenvalue weighted by Gasteiger charge is 2.35. The number of hydrogen-bond acceptors (Lipinski definition) is 1. The lowest BCUT2D eigenvalue weighted by molar-refractivity contribution is 0.380. The van der Waals surface area contributed by atoms with Gasteiger partial charge < -0.3 is 4.74 Å². The summed E-state index contributed by atoms with van der Waals surface area (Å²) < 4.78 is 5.43. The average Bonchev–Trinajstić information content (AvgIpc) is 2.76. The van der Waals surface area contributed by atoms with Gasteiger partial charge in [0.2, 0.25) is 0 Å². The van der Waals surface area contributed by atoms with Gasteiger partial charge in [0.15, 0.2) is 0 Å². The van der Waals surface area contributed by atoms with Gasteiger partial charge in [-0.15, -0.1) is 0 Å². The van der Waals surface area contributed by atoms with Gasteiger partial charge >= 0.3 is 0 Å². The second-order valence-corrected chi connectivity index (χ2v) is 3.19. The van der Waals surface area contributed by atoms with Crippen LogP contribution in [0.1, 0.15) is 25.7 Å². The fraction of sp³-hybridized carbons (Fsp3) is 0.600. The molecule has 2 atom stereocenters. The largest absolute Gasteiger partial charge is 0.365 e. The van der Waals surface area contributed by atoms with E-state index in [0.29, 0.717) is 12.2 Å². The maximum Gasteiger partial charge on any atom is 0.102 e. The third kappa shape index (κ3) is 1.93. The molecule has 1 fully saturated rings. The molecule has 2 aliphatic rings. The highest BCUT2D eigenvalue weighted by molar-refractivity contribution is 5.04. The third-order valence-electron chi connectivity index (χ3n) is 2.23. The first-order valence-corrected chi connectivity index (χ1v) is 4.44. The Morgan fingerprint density at radius 3 is 2.82 bits per heavy atom. The lowest BCUT2D eigenvalue weighted by atomic mass is 10.1. The van der Waals surface area contributed by atoms with Crippen molar-refractivity contribution in [1.82, 2.24) is 0 Å². The van der Waals surface area contributed by atoms with Crippen LogP contribution in [-0.4, -0.2) is 12.2 Å². The van der Waals surface area contributed by atoms with E-state index in [1.807, 2.05) is 0 Å². The van der Waals surface area contributed by atoms with Gasteiger partial charge in [0.1, 0.15) is 6.10 Å². The van der Waals surface area contributed by atoms with E-state index in [1.165, 1.54) is 25.7 Å². The second kappa shape index (κ2) is 3.22. The number of fused-ring (bicyclic) bond motifs is 1. The summed E-state index contributed by atoms with van der Waals surface area (Å²) in [6, 6.07) is 0. The molecule has 11 heavy (non-hydrogen) atoms. The van der Waals surface area contributed by atoms with E-state index < -0.39 is 0 Å². The molecule has 1 heteroatoms. The van der Waals surface area contributed by atoms with Crippen LogP contribution in [0, 0.1) is 0 Å². The first kappa shape index (κ1) is 7.11. The molecule has 60 valence electrons. The lowest BCUT2D eigenvalue weighted by Gasteiger charge is -1.92. The van der Waals surface area contributed by atoms with Crippen molar-refractivity contribution in [3.05, 3.63) is 24.3 Å². The monoisotopic (exact) mass is 150 g/mol. The predicted molar refractivity (Wildman–Crippen MR) is 45.4 cm³/mol. The Morgan fingerprint density at radius 1 is 1.00 bits per heavy atom. The Balaban J connectivity index is 1.90. The number of ether oxygens (including phenoxy) is 1. The summed E-state index contributed by atoms with van der Waals surface area (Å²) in [5.41, 5.74) is 0. The van der Waals surface area contributed by atoms with Gasteiger partial charge in [-0.25, -0.2) is 0 Å². The van der Waals surface area contributed by atoms with Crippen LogP contribution in [0.5, 0.6) is 0 Å². The van der Waals surface area contributed by atoms with Gasteiger partial charge in [-0.3, -0.25) is 0 Å². The van der Waals surface area contributed by atoms with Crippen molar-refractivity contribution < 1.29 is 4.74 Å². The topological polar surface area (TPSA) is 12.5 Å². The Labute approximate surface area is 67.7 Å². The molecule has 1 aliphatic carbocycles. The van der Waals surface area contributed by atoms with E-state index in [1.54, 1.807) is 0 Å². The highest BCUT2D eigenvalue weighted by Crippen LogP contribution is 2.28. The van der Waals surface area contributed by atoms with Crippen molar-refractivity contribution in [3.8, 4) is 0 Å². The van der Waals surface area contributed by atoms with Crippen LogP contribution in [0.4, 0.5) is 0 Å². The molecule has 0 radical (unpaired) electrons. The van der Waals surface area contributed by atoms with E-state index in [9.17, 15) is 0 Å². The highest BCUT2D eigenvalue weighted by atomic mass is 16.6. The zero-order valence-electron chi connectivity index (χ0n) is 6.70. The smallest absolute Gasteiger partial charge is 0.102 e. The van der Waals surface area contributed by atoms with Gasteiger partial charge in [-0.05, 0) is 25.7 Å². The molecule has 0 N–H and O–H groups in total. The van der Waals surface area contributed by atoms with E-state index in [-0.39, 0.29) is 0 Å². The Kier molecular flexibility index (Phi) is 2.08. The van der Waals surface area contributed by atoms with Crippen LogP contribution in [0.25, 0.3) is 0 Å². The number of allylic oxidation sites excluding steroid dienone is 3. The summed E-state index contributed by atoms with van der Waals surface area (Å²) in [5.74, 6) is 0. The summed E-state index contributed by atoms with van der Waals surface area (Å²) in [6.07, 6.45) is 14.7. The SMILES string of the molecule is C1=CCCC2OC2/C=C\CC1. The number of rotatable bonds is 0. The number of epoxide rings is 1. The van der Waals surface area contributed by atoms with Crippen LogP contribution in [0.3, 0.4) is 0 Å². The maximum atomic E-state index is 5.43. The van der Waals surface area contributed by atoms with Crippen molar-refractivity contribution in [3.63, 3.8) is 0 Å². The van der Waals surface area contributed by atoms with Crippen molar-refractivity contribution in [2.75, 3.05) is 0 Å². The normalized spacial score (nSPS) is 39.3. The molecule has 0 spiro atoms. The maximum absolute atomic E-state index is 5.43. The second-order valence-electron chi connectivity index (χ2n) is 3.19. The summed E-state index contributed by atoms with van der Waals surface area (Å²) in [6.45, 7) is 0. The standard InChI is InChI=1S/C10H14O/c1-2-4-6-8-10-9(11-10)7-5-3-1/h1,3,6,8-10H,2,4-5,7H2/b3-1?,8-6-. The first-order chi connectivity index (χ1) is 5.47. The average molecular weight is 150 g/mol. The molecule has 0 aromatic carbocycles. The van der Waals surface area contributed by atoms with Crippen LogP contribution in [0.15, 0.2) is 24.3 Å². The van der Waals surface area contributed by atoms with E-state index in [0.717, 1.165) is 0 Å². The van der Waals surface area contributed by atoms with Crippen LogP contribution < -0.4 is 0 Å². The molecule has 0 saturated carbocycles. The molecular formula is C10H14O. The van der Waals surface area contributed by atoms with Crippen molar-refractivity contribution in [2.24, 2.45) is 0 Å². The Hall–Kier alpha value is -0.560. The van der Waals surface area contributed by atoms with Gasteiger partial charge in [0, 0.05) is 0 Å². The summed E-state index contributed by atoms with van der Waals surface area (Å²) in [4.78, 5) is 0. The third-order valence-corrected chi connectivity index (χ3v) is 2.23. The first-order valence-electron chi connectivity index (χ1n) is 4.44. The Bertz CT molecular complexity index is 181. The summed E-state index contributed by atoms with van der Waals surface area (Å²) >= 11 is 0. The van der Waals surface area contributed by atoms with Crippen LogP contribution >= 0.6 is 0 Å². The zero-order valence-corrected chi connectivity index (χ0v) is 6.70. The minimum absolute atomic E-state index is 0.460. The predicted octanol–water partition coefficient (Wildman–Crippen LogP) is 2.44. The van der Waals surface area contributed by atoms with Crippen LogP contribution in [0.2, 0.25) is 0 Å². The molecular weight excluding hydrogens is 136 g/mol. The molecule has 2 rings (SSSR count). The van der Waals surface area contributed by atoms with Gasteiger partial charge in [0.25, 0.3) is 0 Å². The molecule has 1 aliphatic heterocycles. The zero-order chi connectivity index (χ0) is 7.52. The Morgan fingerprint density at radius 2 is 1.82 bits per heavy atom. The summed E-state index contributed by atoms with van der Waals surface area (Å²) in [7, 11) is 0. The fourth-order valence-corrected chi connectivity index (χ4v) is 1.48. The molecule has 1 nitrogen and oxygen atoms in total. The molecule has 1 saturated heterocycles. The molecule has 2 unspecified atom stereocenters. The summed E-state index contributed by atoms with van der Waals surface area (Å²) in [5, 5.41) is 0. The van der Waals surface area contributed by atoms with Crippen molar-refractivity contribution in [2.45, 2.75) is 37.9 Å².